The van der Waals surface area contributed by atoms with Gasteiger partial charge in [-0.3, -0.25) is 9.59 Å². The van der Waals surface area contributed by atoms with E-state index in [1.807, 2.05) is 0 Å². The Morgan fingerprint density at radius 3 is 2.52 bits per heavy atom. The predicted octanol–water partition coefficient (Wildman–Crippen LogP) is 2.42. The monoisotopic (exact) mass is 435 g/mol. The number of para-hydroxylation sites is 1. The molecule has 0 aliphatic heterocycles. The van der Waals surface area contributed by atoms with Crippen LogP contribution in [0.5, 0.6) is 0 Å². The predicted molar refractivity (Wildman–Crippen MR) is 112 cm³/mol. The summed E-state index contributed by atoms with van der Waals surface area (Å²) in [7, 11) is -2.06. The van der Waals surface area contributed by atoms with Crippen molar-refractivity contribution >= 4 is 39.1 Å². The molecule has 2 aromatic rings. The second-order valence-electron chi connectivity index (χ2n) is 6.80. The van der Waals surface area contributed by atoms with Crippen molar-refractivity contribution in [3.05, 3.63) is 59.1 Å². The molecular formula is C20H22ClN3O4S. The van der Waals surface area contributed by atoms with Gasteiger partial charge in [0.05, 0.1) is 16.1 Å². The minimum Gasteiger partial charge on any atom is -0.351 e. The summed E-state index contributed by atoms with van der Waals surface area (Å²) in [6, 6.07) is 12.8. The lowest BCUT2D eigenvalue weighted by Gasteiger charge is -2.20. The first-order valence-corrected chi connectivity index (χ1v) is 11.1. The van der Waals surface area contributed by atoms with Gasteiger partial charge in [0, 0.05) is 31.1 Å². The zero-order valence-electron chi connectivity index (χ0n) is 15.9. The van der Waals surface area contributed by atoms with E-state index < -0.39 is 10.0 Å². The van der Waals surface area contributed by atoms with Gasteiger partial charge < -0.3 is 10.2 Å². The molecule has 2 aromatic carbocycles. The third kappa shape index (κ3) is 5.35. The van der Waals surface area contributed by atoms with Crippen molar-refractivity contribution in [2.75, 3.05) is 25.0 Å². The Balaban J connectivity index is 1.58. The molecule has 1 aliphatic rings. The largest absolute Gasteiger partial charge is 0.351 e. The van der Waals surface area contributed by atoms with Gasteiger partial charge in [0.25, 0.3) is 5.91 Å². The molecule has 0 aromatic heterocycles. The Kier molecular flexibility index (Phi) is 6.56. The Labute approximate surface area is 175 Å². The number of nitrogens with one attached hydrogen (secondary N) is 2. The molecule has 29 heavy (non-hydrogen) atoms. The molecule has 7 nitrogen and oxygen atoms in total. The van der Waals surface area contributed by atoms with Crippen LogP contribution in [0.15, 0.2) is 53.4 Å². The van der Waals surface area contributed by atoms with Gasteiger partial charge in [-0.1, -0.05) is 29.8 Å². The molecular weight excluding hydrogens is 414 g/mol. The number of amides is 2. The molecule has 0 bridgehead atoms. The average molecular weight is 436 g/mol. The molecule has 9 heteroatoms. The lowest BCUT2D eigenvalue weighted by atomic mass is 10.1. The number of halogens is 1. The van der Waals surface area contributed by atoms with Crippen LogP contribution in [0.2, 0.25) is 5.02 Å². The molecule has 1 fully saturated rings. The third-order valence-corrected chi connectivity index (χ3v) is 6.27. The molecule has 2 amide bonds. The molecule has 154 valence electrons. The van der Waals surface area contributed by atoms with Crippen LogP contribution in [0, 0.1) is 5.92 Å². The molecule has 0 spiro atoms. The van der Waals surface area contributed by atoms with Crippen molar-refractivity contribution in [1.82, 2.24) is 10.0 Å². The van der Waals surface area contributed by atoms with Crippen LogP contribution >= 0.6 is 11.6 Å². The smallest absolute Gasteiger partial charge is 0.253 e. The Morgan fingerprint density at radius 2 is 1.83 bits per heavy atom. The number of hydrogen-bond acceptors (Lipinski definition) is 4. The van der Waals surface area contributed by atoms with E-state index in [2.05, 4.69) is 10.0 Å². The lowest BCUT2D eigenvalue weighted by molar-refractivity contribution is -0.119. The molecule has 0 unspecified atom stereocenters. The standard InChI is InChI=1S/C20H22ClN3O4S/c1-24(20(26)14-9-10-14)18-8-3-2-7-17(18)19(25)22-11-12-23-29(27,28)16-6-4-5-15(21)13-16/h2-8,13-14,23H,9-12H2,1H3,(H,22,25). The number of carbonyl (C=O) groups excluding carboxylic acids is 2. The Hall–Kier alpha value is -2.42. The van der Waals surface area contributed by atoms with Crippen molar-refractivity contribution in [1.29, 1.82) is 0 Å². The van der Waals surface area contributed by atoms with Crippen LogP contribution in [0.1, 0.15) is 23.2 Å². The first-order chi connectivity index (χ1) is 13.8. The third-order valence-electron chi connectivity index (χ3n) is 4.58. The van der Waals surface area contributed by atoms with Gasteiger partial charge in [0.15, 0.2) is 0 Å². The first-order valence-electron chi connectivity index (χ1n) is 9.19. The number of carbonyl (C=O) groups is 2. The van der Waals surface area contributed by atoms with Gasteiger partial charge in [-0.25, -0.2) is 13.1 Å². The number of benzene rings is 2. The quantitative estimate of drug-likeness (QED) is 0.622. The van der Waals surface area contributed by atoms with Gasteiger partial charge >= 0.3 is 0 Å². The minimum absolute atomic E-state index is 0.000433. The summed E-state index contributed by atoms with van der Waals surface area (Å²) in [4.78, 5) is 26.5. The van der Waals surface area contributed by atoms with E-state index in [9.17, 15) is 18.0 Å². The fraction of sp³-hybridized carbons (Fsp3) is 0.300. The zero-order valence-corrected chi connectivity index (χ0v) is 17.5. The van der Waals surface area contributed by atoms with Crippen LogP contribution in [0.4, 0.5) is 5.69 Å². The number of hydrogen-bond donors (Lipinski definition) is 2. The highest BCUT2D eigenvalue weighted by Gasteiger charge is 2.33. The van der Waals surface area contributed by atoms with Crippen LogP contribution in [0.25, 0.3) is 0 Å². The summed E-state index contributed by atoms with van der Waals surface area (Å²) in [5.74, 6) is -0.338. The molecule has 0 radical (unpaired) electrons. The maximum atomic E-state index is 12.6. The SMILES string of the molecule is CN(C(=O)C1CC1)c1ccccc1C(=O)NCCNS(=O)(=O)c1cccc(Cl)c1. The van der Waals surface area contributed by atoms with E-state index in [0.717, 1.165) is 12.8 Å². The van der Waals surface area contributed by atoms with E-state index in [1.54, 1.807) is 43.4 Å². The number of anilines is 1. The number of rotatable bonds is 8. The summed E-state index contributed by atoms with van der Waals surface area (Å²) in [6.45, 7) is 0.104. The summed E-state index contributed by atoms with van der Waals surface area (Å²) in [6.07, 6.45) is 1.76. The fourth-order valence-corrected chi connectivity index (χ4v) is 4.19. The van der Waals surface area contributed by atoms with Crippen LogP contribution < -0.4 is 14.9 Å². The molecule has 2 N–H and O–H groups in total. The van der Waals surface area contributed by atoms with Gasteiger partial charge in [0.1, 0.15) is 0 Å². The zero-order chi connectivity index (χ0) is 21.0. The highest BCUT2D eigenvalue weighted by atomic mass is 35.5. The van der Waals surface area contributed by atoms with Crippen molar-refractivity contribution in [3.63, 3.8) is 0 Å². The number of sulfonamides is 1. The normalized spacial score (nSPS) is 13.7. The van der Waals surface area contributed by atoms with Crippen molar-refractivity contribution in [2.24, 2.45) is 5.92 Å². The van der Waals surface area contributed by atoms with E-state index in [4.69, 9.17) is 11.6 Å². The molecule has 0 heterocycles. The minimum atomic E-state index is -3.72. The average Bonchev–Trinajstić information content (AvgIpc) is 3.55. The van der Waals surface area contributed by atoms with E-state index in [1.165, 1.54) is 17.0 Å². The highest BCUT2D eigenvalue weighted by molar-refractivity contribution is 7.89. The molecule has 3 rings (SSSR count). The van der Waals surface area contributed by atoms with Crippen molar-refractivity contribution in [2.45, 2.75) is 17.7 Å². The van der Waals surface area contributed by atoms with Gasteiger partial charge in [0.2, 0.25) is 15.9 Å². The maximum Gasteiger partial charge on any atom is 0.253 e. The Morgan fingerprint density at radius 1 is 1.10 bits per heavy atom. The summed E-state index contributed by atoms with van der Waals surface area (Å²) in [5, 5.41) is 3.01. The van der Waals surface area contributed by atoms with Crippen LogP contribution in [0.3, 0.4) is 0 Å². The Bertz CT molecular complexity index is 1020. The second kappa shape index (κ2) is 8.94. The van der Waals surface area contributed by atoms with E-state index in [-0.39, 0.29) is 35.7 Å². The summed E-state index contributed by atoms with van der Waals surface area (Å²) < 4.78 is 26.9. The molecule has 0 atom stereocenters. The van der Waals surface area contributed by atoms with Gasteiger partial charge in [-0.15, -0.1) is 0 Å². The van der Waals surface area contributed by atoms with E-state index in [0.29, 0.717) is 16.3 Å². The lowest BCUT2D eigenvalue weighted by Crippen LogP contribution is -2.36. The fourth-order valence-electron chi connectivity index (χ4n) is 2.86. The van der Waals surface area contributed by atoms with Crippen molar-refractivity contribution in [3.8, 4) is 0 Å². The topological polar surface area (TPSA) is 95.6 Å². The van der Waals surface area contributed by atoms with Gasteiger partial charge in [-0.05, 0) is 43.2 Å². The second-order valence-corrected chi connectivity index (χ2v) is 9.00. The van der Waals surface area contributed by atoms with Gasteiger partial charge in [-0.2, -0.15) is 0 Å². The van der Waals surface area contributed by atoms with Crippen LogP contribution in [-0.2, 0) is 14.8 Å². The first kappa shape index (κ1) is 21.3. The molecule has 0 saturated heterocycles. The van der Waals surface area contributed by atoms with Crippen LogP contribution in [-0.4, -0.2) is 40.4 Å². The van der Waals surface area contributed by atoms with E-state index >= 15 is 0 Å². The maximum absolute atomic E-state index is 12.6. The highest BCUT2D eigenvalue weighted by Crippen LogP contribution is 2.33. The summed E-state index contributed by atoms with van der Waals surface area (Å²) in [5.41, 5.74) is 0.892. The molecule has 1 aliphatic carbocycles. The number of nitrogens with zero attached hydrogens (tertiary/aromatic N) is 1. The van der Waals surface area contributed by atoms with Crippen molar-refractivity contribution < 1.29 is 18.0 Å². The summed E-state index contributed by atoms with van der Waals surface area (Å²) >= 11 is 5.83. The molecule has 1 saturated carbocycles.